The molecule has 0 bridgehead atoms. The van der Waals surface area contributed by atoms with Gasteiger partial charge in [0, 0.05) is 5.69 Å². The smallest absolute Gasteiger partial charge is 0.308 e. The van der Waals surface area contributed by atoms with Crippen LogP contribution in [0.15, 0.2) is 47.5 Å². The summed E-state index contributed by atoms with van der Waals surface area (Å²) in [5, 5.41) is 2.62. The first-order valence-electron chi connectivity index (χ1n) is 7.18. The normalized spacial score (nSPS) is 11.9. The number of hydrogen-bond donors (Lipinski definition) is 2. The third-order valence-electron chi connectivity index (χ3n) is 3.15. The number of alkyl halides is 3. The van der Waals surface area contributed by atoms with E-state index in [2.05, 4.69) is 5.32 Å². The lowest BCUT2D eigenvalue weighted by molar-refractivity contribution is -0.0836. The number of nitrogens with one attached hydrogen (secondary N) is 2. The van der Waals surface area contributed by atoms with Gasteiger partial charge in [0.05, 0.1) is 0 Å². The van der Waals surface area contributed by atoms with Gasteiger partial charge in [0.1, 0.15) is 22.2 Å². The Morgan fingerprint density at radius 3 is 2.04 bits per heavy atom. The number of amides is 3. The average Bonchev–Trinajstić information content (AvgIpc) is 2.55. The van der Waals surface area contributed by atoms with E-state index in [1.165, 1.54) is 24.3 Å². The standard InChI is InChI=1S/C17H10ClF5N2O2/c18-13(17(21,22)23)8-9-4-6-10(7-5-9)24-16(27)25-15(26)14-11(19)2-1-3-12(14)20/h1-8H,(H2,24,25,26,27)/b13-8-. The van der Waals surface area contributed by atoms with E-state index in [4.69, 9.17) is 11.6 Å². The van der Waals surface area contributed by atoms with Crippen LogP contribution in [0.1, 0.15) is 15.9 Å². The van der Waals surface area contributed by atoms with Crippen molar-refractivity contribution in [1.82, 2.24) is 5.32 Å². The highest BCUT2D eigenvalue weighted by Crippen LogP contribution is 2.30. The van der Waals surface area contributed by atoms with E-state index in [-0.39, 0.29) is 11.3 Å². The van der Waals surface area contributed by atoms with Gasteiger partial charge in [-0.1, -0.05) is 29.8 Å². The minimum atomic E-state index is -4.68. The summed E-state index contributed by atoms with van der Waals surface area (Å²) in [4.78, 5) is 23.5. The van der Waals surface area contributed by atoms with Crippen molar-refractivity contribution < 1.29 is 31.5 Å². The Morgan fingerprint density at radius 2 is 1.52 bits per heavy atom. The van der Waals surface area contributed by atoms with Crippen LogP contribution in [0.2, 0.25) is 0 Å². The largest absolute Gasteiger partial charge is 0.426 e. The third kappa shape index (κ3) is 5.52. The molecule has 0 saturated carbocycles. The average molecular weight is 405 g/mol. The molecule has 0 aliphatic rings. The summed E-state index contributed by atoms with van der Waals surface area (Å²) in [7, 11) is 0. The fraction of sp³-hybridized carbons (Fsp3) is 0.0588. The number of benzene rings is 2. The highest BCUT2D eigenvalue weighted by Gasteiger charge is 2.32. The number of rotatable bonds is 3. The van der Waals surface area contributed by atoms with Crippen molar-refractivity contribution in [2.75, 3.05) is 5.32 Å². The summed E-state index contributed by atoms with van der Waals surface area (Å²) in [5.74, 6) is -3.57. The van der Waals surface area contributed by atoms with E-state index >= 15 is 0 Å². The van der Waals surface area contributed by atoms with Gasteiger partial charge < -0.3 is 5.32 Å². The van der Waals surface area contributed by atoms with Crippen molar-refractivity contribution in [1.29, 1.82) is 0 Å². The van der Waals surface area contributed by atoms with E-state index in [1.54, 1.807) is 5.32 Å². The summed E-state index contributed by atoms with van der Waals surface area (Å²) < 4.78 is 64.0. The second kappa shape index (κ2) is 8.17. The first kappa shape index (κ1) is 20.4. The molecule has 3 amide bonds. The molecule has 0 aliphatic carbocycles. The van der Waals surface area contributed by atoms with Crippen molar-refractivity contribution in [3.63, 3.8) is 0 Å². The Labute approximate surface area is 154 Å². The van der Waals surface area contributed by atoms with Gasteiger partial charge in [-0.05, 0) is 35.9 Å². The summed E-state index contributed by atoms with van der Waals surface area (Å²) in [5.41, 5.74) is -0.683. The molecule has 27 heavy (non-hydrogen) atoms. The molecule has 0 unspecified atom stereocenters. The summed E-state index contributed by atoms with van der Waals surface area (Å²) in [6.07, 6.45) is -3.99. The van der Waals surface area contributed by atoms with Gasteiger partial charge in [-0.3, -0.25) is 10.1 Å². The van der Waals surface area contributed by atoms with Crippen LogP contribution < -0.4 is 10.6 Å². The highest BCUT2D eigenvalue weighted by atomic mass is 35.5. The molecule has 2 aromatic rings. The Kier molecular flexibility index (Phi) is 6.17. The number of anilines is 1. The molecule has 0 fully saturated rings. The number of carbonyl (C=O) groups excluding carboxylic acids is 2. The zero-order chi connectivity index (χ0) is 20.2. The van der Waals surface area contributed by atoms with Gasteiger partial charge in [0.15, 0.2) is 0 Å². The lowest BCUT2D eigenvalue weighted by Crippen LogP contribution is -2.35. The van der Waals surface area contributed by atoms with Crippen molar-refractivity contribution in [3.05, 3.63) is 70.3 Å². The zero-order valence-electron chi connectivity index (χ0n) is 13.2. The number of halogens is 6. The Hall–Kier alpha value is -2.94. The monoisotopic (exact) mass is 404 g/mol. The van der Waals surface area contributed by atoms with Gasteiger partial charge >= 0.3 is 12.2 Å². The van der Waals surface area contributed by atoms with Gasteiger partial charge in [-0.2, -0.15) is 13.2 Å². The third-order valence-corrected chi connectivity index (χ3v) is 3.47. The lowest BCUT2D eigenvalue weighted by Gasteiger charge is -2.08. The Morgan fingerprint density at radius 1 is 0.963 bits per heavy atom. The zero-order valence-corrected chi connectivity index (χ0v) is 14.0. The molecule has 0 atom stereocenters. The molecule has 0 spiro atoms. The van der Waals surface area contributed by atoms with Gasteiger partial charge in [-0.15, -0.1) is 0 Å². The number of carbonyl (C=O) groups is 2. The van der Waals surface area contributed by atoms with Crippen molar-refractivity contribution in [2.45, 2.75) is 6.18 Å². The summed E-state index contributed by atoms with van der Waals surface area (Å²) in [6.45, 7) is 0. The van der Waals surface area contributed by atoms with Crippen LogP contribution in [0.3, 0.4) is 0 Å². The minimum Gasteiger partial charge on any atom is -0.308 e. The second-order valence-electron chi connectivity index (χ2n) is 5.12. The maximum atomic E-state index is 13.5. The molecule has 0 aliphatic heterocycles. The van der Waals surface area contributed by atoms with E-state index < -0.39 is 40.3 Å². The van der Waals surface area contributed by atoms with Crippen molar-refractivity contribution in [3.8, 4) is 0 Å². The van der Waals surface area contributed by atoms with Gasteiger partial charge in [0.2, 0.25) is 0 Å². The van der Waals surface area contributed by atoms with Crippen LogP contribution in [0.25, 0.3) is 6.08 Å². The molecule has 2 aromatic carbocycles. The fourth-order valence-electron chi connectivity index (χ4n) is 1.93. The Bertz CT molecular complexity index is 875. The van der Waals surface area contributed by atoms with E-state index in [0.29, 0.717) is 6.08 Å². The van der Waals surface area contributed by atoms with E-state index in [9.17, 15) is 31.5 Å². The van der Waals surface area contributed by atoms with Crippen molar-refractivity contribution in [2.24, 2.45) is 0 Å². The van der Waals surface area contributed by atoms with E-state index in [1.807, 2.05) is 0 Å². The summed E-state index contributed by atoms with van der Waals surface area (Å²) >= 11 is 5.11. The lowest BCUT2D eigenvalue weighted by atomic mass is 10.2. The number of imide groups is 1. The van der Waals surface area contributed by atoms with Gasteiger partial charge in [-0.25, -0.2) is 13.6 Å². The fourth-order valence-corrected chi connectivity index (χ4v) is 2.06. The van der Waals surface area contributed by atoms with Crippen LogP contribution in [0, 0.1) is 11.6 Å². The second-order valence-corrected chi connectivity index (χ2v) is 5.52. The molecule has 0 radical (unpaired) electrons. The maximum absolute atomic E-state index is 13.5. The van der Waals surface area contributed by atoms with Crippen LogP contribution in [-0.2, 0) is 0 Å². The van der Waals surface area contributed by atoms with Crippen LogP contribution in [0.4, 0.5) is 32.4 Å². The molecule has 0 heterocycles. The number of allylic oxidation sites excluding steroid dienone is 1. The molecule has 4 nitrogen and oxygen atoms in total. The molecule has 10 heteroatoms. The topological polar surface area (TPSA) is 58.2 Å². The summed E-state index contributed by atoms with van der Waals surface area (Å²) in [6, 6.07) is 6.66. The molecular weight excluding hydrogens is 395 g/mol. The molecule has 0 saturated heterocycles. The number of urea groups is 1. The van der Waals surface area contributed by atoms with Crippen LogP contribution in [0.5, 0.6) is 0 Å². The van der Waals surface area contributed by atoms with E-state index in [0.717, 1.165) is 18.2 Å². The predicted molar refractivity (Wildman–Crippen MR) is 89.2 cm³/mol. The molecular formula is C17H10ClF5N2O2. The first-order chi connectivity index (χ1) is 12.6. The Balaban J connectivity index is 2.03. The predicted octanol–water partition coefficient (Wildman–Crippen LogP) is 5.07. The maximum Gasteiger partial charge on any atom is 0.426 e. The number of hydrogen-bond acceptors (Lipinski definition) is 2. The van der Waals surface area contributed by atoms with Gasteiger partial charge in [0.25, 0.3) is 5.91 Å². The molecule has 2 rings (SSSR count). The first-order valence-corrected chi connectivity index (χ1v) is 7.56. The van der Waals surface area contributed by atoms with Crippen molar-refractivity contribution >= 4 is 35.3 Å². The van der Waals surface area contributed by atoms with Crippen LogP contribution in [-0.4, -0.2) is 18.1 Å². The quantitative estimate of drug-likeness (QED) is 0.702. The van der Waals surface area contributed by atoms with Crippen LogP contribution >= 0.6 is 11.6 Å². The SMILES string of the molecule is O=C(NC(=O)c1c(F)cccc1F)Nc1ccc(/C=C(\Cl)C(F)(F)F)cc1. The highest BCUT2D eigenvalue weighted by molar-refractivity contribution is 6.32. The molecule has 142 valence electrons. The molecule has 0 aromatic heterocycles. The molecule has 2 N–H and O–H groups in total. The minimum absolute atomic E-state index is 0.118.